The van der Waals surface area contributed by atoms with E-state index in [2.05, 4.69) is 77.7 Å². The Hall–Kier alpha value is 0.01000. The molecule has 30 heavy (non-hydrogen) atoms. The van der Waals surface area contributed by atoms with Crippen molar-refractivity contribution in [1.82, 2.24) is 0 Å². The van der Waals surface area contributed by atoms with E-state index >= 15 is 0 Å². The van der Waals surface area contributed by atoms with Gasteiger partial charge in [0.15, 0.2) is 0 Å². The second kappa shape index (κ2) is 9.87. The van der Waals surface area contributed by atoms with Crippen LogP contribution in [0.3, 0.4) is 0 Å². The minimum Gasteiger partial charge on any atom is -1.00 e. The Labute approximate surface area is 206 Å². The van der Waals surface area contributed by atoms with Crippen LogP contribution in [0.1, 0.15) is 46.1 Å². The number of thioether (sulfide) groups is 1. The number of hydrogen-bond acceptors (Lipinski definition) is 2. The van der Waals surface area contributed by atoms with Gasteiger partial charge in [-0.1, -0.05) is 0 Å². The van der Waals surface area contributed by atoms with Crippen molar-refractivity contribution in [3.63, 3.8) is 0 Å². The molecule has 1 aromatic rings. The number of fused-ring (bicyclic) bond motifs is 1. The van der Waals surface area contributed by atoms with Crippen LogP contribution in [0.2, 0.25) is 16.7 Å². The maximum absolute atomic E-state index is 6.02. The molecule has 0 radical (unpaired) electrons. The Bertz CT molecular complexity index is 1070. The molecule has 2 aliphatic carbocycles. The molecule has 1 nitrogen and oxygen atoms in total. The van der Waals surface area contributed by atoms with Crippen molar-refractivity contribution < 1.29 is 49.6 Å². The van der Waals surface area contributed by atoms with E-state index in [9.17, 15) is 0 Å². The first-order chi connectivity index (χ1) is 13.2. The minimum atomic E-state index is -1.86. The van der Waals surface area contributed by atoms with Gasteiger partial charge in [0.05, 0.1) is 0 Å². The molecular weight excluding hydrogens is 527 g/mol. The van der Waals surface area contributed by atoms with Crippen LogP contribution in [0.25, 0.3) is 5.57 Å². The zero-order valence-corrected chi connectivity index (χ0v) is 24.9. The van der Waals surface area contributed by atoms with E-state index in [1.807, 2.05) is 6.92 Å². The quantitative estimate of drug-likeness (QED) is 0.525. The van der Waals surface area contributed by atoms with Crippen molar-refractivity contribution in [2.45, 2.75) is 58.3 Å². The van der Waals surface area contributed by atoms with Crippen LogP contribution < -0.4 is 24.8 Å². The average Bonchev–Trinajstić information content (AvgIpc) is 3.36. The molecule has 1 aliphatic heterocycles. The molecular formula is C24H30Cl2OSSiZr. The summed E-state index contributed by atoms with van der Waals surface area (Å²) in [6, 6.07) is 4.25. The Morgan fingerprint density at radius 1 is 0.967 bits per heavy atom. The summed E-state index contributed by atoms with van der Waals surface area (Å²) >= 11 is 0.211. The summed E-state index contributed by atoms with van der Waals surface area (Å²) < 4.78 is 8.58. The van der Waals surface area contributed by atoms with Gasteiger partial charge >= 0.3 is 183 Å². The van der Waals surface area contributed by atoms with Gasteiger partial charge in [-0.25, -0.2) is 0 Å². The van der Waals surface area contributed by atoms with Crippen LogP contribution >= 0.6 is 11.8 Å². The predicted octanol–water partition coefficient (Wildman–Crippen LogP) is 1.61. The van der Waals surface area contributed by atoms with E-state index in [0.717, 1.165) is 20.9 Å². The number of rotatable bonds is 3. The molecule has 3 aliphatic rings. The smallest absolute Gasteiger partial charge is 1.00 e. The van der Waals surface area contributed by atoms with E-state index < -0.39 is 20.4 Å². The van der Waals surface area contributed by atoms with Crippen molar-refractivity contribution in [3.8, 4) is 0 Å². The summed E-state index contributed by atoms with van der Waals surface area (Å²) in [7, 11) is 0. The Kier molecular flexibility index (Phi) is 8.64. The summed E-state index contributed by atoms with van der Waals surface area (Å²) in [6.45, 7) is 19.0. The van der Waals surface area contributed by atoms with Gasteiger partial charge in [-0.15, -0.1) is 0 Å². The van der Waals surface area contributed by atoms with Crippen molar-refractivity contribution in [3.05, 3.63) is 71.4 Å². The van der Waals surface area contributed by atoms with Crippen molar-refractivity contribution >= 4 is 22.8 Å². The van der Waals surface area contributed by atoms with Gasteiger partial charge in [0, 0.05) is 0 Å². The Balaban J connectivity index is 0.00000160. The van der Waals surface area contributed by atoms with Crippen LogP contribution in [0.5, 0.6) is 0 Å². The maximum atomic E-state index is 6.02. The Morgan fingerprint density at radius 3 is 2.07 bits per heavy atom. The summed E-state index contributed by atoms with van der Waals surface area (Å²) in [5.41, 5.74) is 10.6. The molecule has 160 valence electrons. The third-order valence-electron chi connectivity index (χ3n) is 6.66. The predicted molar refractivity (Wildman–Crippen MR) is 122 cm³/mol. The molecule has 0 spiro atoms. The van der Waals surface area contributed by atoms with Crippen molar-refractivity contribution in [2.24, 2.45) is 0 Å². The van der Waals surface area contributed by atoms with Crippen LogP contribution in [0, 0.1) is 6.92 Å². The zero-order chi connectivity index (χ0) is 20.3. The first-order valence-corrected chi connectivity index (χ1v) is 19.9. The first kappa shape index (κ1) is 26.3. The third-order valence-corrected chi connectivity index (χ3v) is 26.5. The monoisotopic (exact) mass is 554 g/mol. The number of furan rings is 1. The van der Waals surface area contributed by atoms with Crippen LogP contribution in [0.15, 0.2) is 64.3 Å². The van der Waals surface area contributed by atoms with Gasteiger partial charge in [0.1, 0.15) is 0 Å². The van der Waals surface area contributed by atoms with E-state index in [-0.39, 0.29) is 30.2 Å². The van der Waals surface area contributed by atoms with Gasteiger partial charge in [-0.05, 0) is 0 Å². The molecule has 0 amide bonds. The molecule has 0 fully saturated rings. The zero-order valence-electron chi connectivity index (χ0n) is 19.1. The van der Waals surface area contributed by atoms with E-state index in [1.54, 1.807) is 30.5 Å². The summed E-state index contributed by atoms with van der Waals surface area (Å²) in [4.78, 5) is 1.62. The Morgan fingerprint density at radius 2 is 1.57 bits per heavy atom. The van der Waals surface area contributed by atoms with Gasteiger partial charge in [0.25, 0.3) is 0 Å². The number of halogens is 2. The van der Waals surface area contributed by atoms with Gasteiger partial charge in [-0.2, -0.15) is 0 Å². The van der Waals surface area contributed by atoms with Gasteiger partial charge in [-0.3, -0.25) is 0 Å². The standard InChI is InChI=1S/C13H11OS.C9H13.C2H6Si.2ClH.Zr/c1-8-3-6-12-13(8)10(7-15-12)11-5-4-9(2)14-11;1-6-5-7(2)9(4)8(6)3;1-3-2;;;/h3-5H,7H2,1-2H3;5H,1-4H3;1-2H3;2*1H;/q;;;;;+2/p-2. The summed E-state index contributed by atoms with van der Waals surface area (Å²) in [5.74, 6) is 3.14. The van der Waals surface area contributed by atoms with Gasteiger partial charge in [0.2, 0.25) is 0 Å². The molecule has 0 atom stereocenters. The molecule has 2 heterocycles. The van der Waals surface area contributed by atoms with Crippen LogP contribution in [-0.2, 0) is 20.4 Å². The van der Waals surface area contributed by atoms with Crippen molar-refractivity contribution in [2.75, 3.05) is 5.75 Å². The van der Waals surface area contributed by atoms with Crippen molar-refractivity contribution in [1.29, 1.82) is 0 Å². The molecule has 1 aromatic heterocycles. The van der Waals surface area contributed by atoms with E-state index in [1.165, 1.54) is 16.7 Å². The SMILES string of the molecule is CC1=C[C]([Zr+2]([CH]2C(C)=C(C)C(C)=C2C)=[Si](C)C)=C2SCC(c3ccc(C)o3)=C12.[Cl-].[Cl-]. The average molecular weight is 557 g/mol. The maximum Gasteiger partial charge on any atom is -1.00 e. The molecule has 4 rings (SSSR count). The van der Waals surface area contributed by atoms with Crippen LogP contribution in [0.4, 0.5) is 0 Å². The first-order valence-electron chi connectivity index (χ1n) is 10.1. The van der Waals surface area contributed by atoms with Gasteiger partial charge < -0.3 is 24.8 Å². The van der Waals surface area contributed by atoms with E-state index in [4.69, 9.17) is 4.42 Å². The van der Waals surface area contributed by atoms with Crippen LogP contribution in [-0.4, -0.2) is 11.2 Å². The number of aryl methyl sites for hydroxylation is 1. The summed E-state index contributed by atoms with van der Waals surface area (Å²) in [5, 5.41) is 0. The fraction of sp³-hybridized carbons (Fsp3) is 0.417. The third kappa shape index (κ3) is 4.17. The molecule has 0 saturated carbocycles. The minimum absolute atomic E-state index is 0. The molecule has 0 bridgehead atoms. The normalized spacial score (nSPS) is 18.4. The number of allylic oxidation sites excluding steroid dienone is 8. The second-order valence-electron chi connectivity index (χ2n) is 8.59. The fourth-order valence-corrected chi connectivity index (χ4v) is 26.7. The molecule has 0 N–H and O–H groups in total. The molecule has 0 saturated heterocycles. The molecule has 0 aromatic carbocycles. The topological polar surface area (TPSA) is 13.1 Å². The summed E-state index contributed by atoms with van der Waals surface area (Å²) in [6.07, 6.45) is 2.59. The largest absolute Gasteiger partial charge is 1.00 e. The molecule has 0 unspecified atom stereocenters. The molecule has 6 heteroatoms. The second-order valence-corrected chi connectivity index (χ2v) is 26.9. The number of hydrogen-bond donors (Lipinski definition) is 0. The fourth-order valence-electron chi connectivity index (χ4n) is 4.90. The van der Waals surface area contributed by atoms with E-state index in [0.29, 0.717) is 0 Å².